The summed E-state index contributed by atoms with van der Waals surface area (Å²) in [5, 5.41) is 6.00. The van der Waals surface area contributed by atoms with Crippen LogP contribution in [0, 0.1) is 0 Å². The number of anilines is 1. The van der Waals surface area contributed by atoms with Crippen LogP contribution in [0.15, 0.2) is 58.8 Å². The first kappa shape index (κ1) is 18.0. The first-order chi connectivity index (χ1) is 11.2. The largest absolute Gasteiger partial charge is 0.496 e. The Morgan fingerprint density at radius 1 is 1.00 bits per heavy atom. The second kappa shape index (κ2) is 7.04. The van der Waals surface area contributed by atoms with Gasteiger partial charge < -0.3 is 4.74 Å². The third kappa shape index (κ3) is 4.57. The molecule has 9 heteroatoms. The first-order valence-electron chi connectivity index (χ1n) is 6.69. The Morgan fingerprint density at radius 2 is 1.62 bits per heavy atom. The molecular formula is C15H16N2O5S2. The van der Waals surface area contributed by atoms with Crippen LogP contribution in [0.1, 0.15) is 5.56 Å². The average Bonchev–Trinajstić information content (AvgIpc) is 2.52. The fourth-order valence-corrected chi connectivity index (χ4v) is 3.59. The fraction of sp³-hybridized carbons (Fsp3) is 0.0667. The van der Waals surface area contributed by atoms with E-state index in [1.165, 1.54) is 37.5 Å². The van der Waals surface area contributed by atoms with Gasteiger partial charge in [0.2, 0.25) is 10.0 Å². The van der Waals surface area contributed by atoms with E-state index in [4.69, 9.17) is 9.88 Å². The highest BCUT2D eigenvalue weighted by Crippen LogP contribution is 2.22. The van der Waals surface area contributed by atoms with Gasteiger partial charge in [-0.2, -0.15) is 0 Å². The van der Waals surface area contributed by atoms with Crippen molar-refractivity contribution in [1.29, 1.82) is 0 Å². The van der Waals surface area contributed by atoms with E-state index in [0.29, 0.717) is 11.3 Å². The number of sulfonamides is 2. The molecule has 3 N–H and O–H groups in total. The van der Waals surface area contributed by atoms with Crippen molar-refractivity contribution < 1.29 is 21.6 Å². The maximum absolute atomic E-state index is 12.2. The Hall–Kier alpha value is -2.36. The predicted octanol–water partition coefficient (Wildman–Crippen LogP) is 1.76. The maximum atomic E-state index is 12.2. The zero-order valence-corrected chi connectivity index (χ0v) is 14.3. The van der Waals surface area contributed by atoms with Gasteiger partial charge in [0.15, 0.2) is 0 Å². The molecule has 0 aliphatic carbocycles. The van der Waals surface area contributed by atoms with Gasteiger partial charge in [-0.3, -0.25) is 4.72 Å². The number of hydrogen-bond donors (Lipinski definition) is 2. The molecule has 0 saturated heterocycles. The summed E-state index contributed by atoms with van der Waals surface area (Å²) in [6.45, 7) is 0. The molecule has 0 bridgehead atoms. The van der Waals surface area contributed by atoms with E-state index >= 15 is 0 Å². The third-order valence-electron chi connectivity index (χ3n) is 3.01. The Bertz CT molecular complexity index is 967. The predicted molar refractivity (Wildman–Crippen MR) is 92.4 cm³/mol. The summed E-state index contributed by atoms with van der Waals surface area (Å²) in [6.07, 6.45) is 1.35. The van der Waals surface area contributed by atoms with E-state index in [2.05, 4.69) is 4.72 Å². The standard InChI is InChI=1S/C15H16N2O5S2/c1-22-14-8-4-2-6-12(14)10-11-23(18,19)17-13-7-3-5-9-15(13)24(16,20)21/h2-11,17H,1H3,(H2,16,20,21)/b11-10+. The van der Waals surface area contributed by atoms with Gasteiger partial charge in [-0.15, -0.1) is 0 Å². The normalized spacial score (nSPS) is 12.2. The van der Waals surface area contributed by atoms with Crippen LogP contribution in [-0.2, 0) is 20.0 Å². The quantitative estimate of drug-likeness (QED) is 0.806. The van der Waals surface area contributed by atoms with Gasteiger partial charge in [0.1, 0.15) is 10.6 Å². The number of benzene rings is 2. The third-order valence-corrected chi connectivity index (χ3v) is 4.98. The number of nitrogens with one attached hydrogen (secondary N) is 1. The lowest BCUT2D eigenvalue weighted by Gasteiger charge is -2.09. The zero-order chi connectivity index (χ0) is 17.8. The number of para-hydroxylation sites is 2. The SMILES string of the molecule is COc1ccccc1/C=C/S(=O)(=O)Nc1ccccc1S(N)(=O)=O. The molecule has 0 aliphatic rings. The van der Waals surface area contributed by atoms with Crippen molar-refractivity contribution in [3.05, 3.63) is 59.5 Å². The van der Waals surface area contributed by atoms with Crippen LogP contribution in [0.3, 0.4) is 0 Å². The van der Waals surface area contributed by atoms with Crippen LogP contribution in [0.25, 0.3) is 6.08 Å². The minimum atomic E-state index is -4.05. The second-order valence-electron chi connectivity index (χ2n) is 4.73. The van der Waals surface area contributed by atoms with Crippen molar-refractivity contribution in [3.8, 4) is 5.75 Å². The van der Waals surface area contributed by atoms with E-state index < -0.39 is 20.0 Å². The van der Waals surface area contributed by atoms with E-state index in [1.807, 2.05) is 0 Å². The average molecular weight is 368 g/mol. The van der Waals surface area contributed by atoms with Crippen molar-refractivity contribution in [2.75, 3.05) is 11.8 Å². The van der Waals surface area contributed by atoms with E-state index in [9.17, 15) is 16.8 Å². The van der Waals surface area contributed by atoms with Crippen LogP contribution in [0.2, 0.25) is 0 Å². The van der Waals surface area contributed by atoms with Gasteiger partial charge in [0, 0.05) is 5.56 Å². The van der Waals surface area contributed by atoms with E-state index in [-0.39, 0.29) is 10.6 Å². The molecule has 0 saturated carbocycles. The molecule has 2 aromatic carbocycles. The van der Waals surface area contributed by atoms with Crippen LogP contribution < -0.4 is 14.6 Å². The molecule has 0 amide bonds. The van der Waals surface area contributed by atoms with Gasteiger partial charge in [-0.25, -0.2) is 22.0 Å². The van der Waals surface area contributed by atoms with Crippen molar-refractivity contribution in [2.45, 2.75) is 4.90 Å². The highest BCUT2D eigenvalue weighted by Gasteiger charge is 2.16. The van der Waals surface area contributed by atoms with Crippen LogP contribution in [-0.4, -0.2) is 23.9 Å². The number of rotatable bonds is 6. The topological polar surface area (TPSA) is 116 Å². The summed E-state index contributed by atoms with van der Waals surface area (Å²) < 4.78 is 54.7. The monoisotopic (exact) mass is 368 g/mol. The number of ether oxygens (including phenoxy) is 1. The summed E-state index contributed by atoms with van der Waals surface area (Å²) >= 11 is 0. The Kier molecular flexibility index (Phi) is 5.27. The molecule has 0 fully saturated rings. The summed E-state index contributed by atoms with van der Waals surface area (Å²) in [5.41, 5.74) is 0.440. The molecule has 0 heterocycles. The van der Waals surface area contributed by atoms with Crippen molar-refractivity contribution >= 4 is 31.8 Å². The molecule has 2 aromatic rings. The molecule has 7 nitrogen and oxygen atoms in total. The molecular weight excluding hydrogens is 352 g/mol. The minimum Gasteiger partial charge on any atom is -0.496 e. The van der Waals surface area contributed by atoms with E-state index in [1.54, 1.807) is 24.3 Å². The molecule has 24 heavy (non-hydrogen) atoms. The van der Waals surface area contributed by atoms with Crippen LogP contribution in [0.5, 0.6) is 5.75 Å². The number of primary sulfonamides is 1. The fourth-order valence-electron chi connectivity index (χ4n) is 1.95. The summed E-state index contributed by atoms with van der Waals surface area (Å²) in [6, 6.07) is 12.3. The number of hydrogen-bond acceptors (Lipinski definition) is 5. The van der Waals surface area contributed by atoms with Gasteiger partial charge in [-0.05, 0) is 24.3 Å². The lowest BCUT2D eigenvalue weighted by molar-refractivity contribution is 0.414. The molecule has 0 radical (unpaired) electrons. The minimum absolute atomic E-state index is 0.121. The highest BCUT2D eigenvalue weighted by atomic mass is 32.2. The number of nitrogens with two attached hydrogens (primary N) is 1. The second-order valence-corrected chi connectivity index (χ2v) is 7.83. The van der Waals surface area contributed by atoms with Gasteiger partial charge >= 0.3 is 0 Å². The molecule has 128 valence electrons. The smallest absolute Gasteiger partial charge is 0.255 e. The van der Waals surface area contributed by atoms with Crippen LogP contribution >= 0.6 is 0 Å². The van der Waals surface area contributed by atoms with Gasteiger partial charge in [0.05, 0.1) is 18.2 Å². The molecule has 0 atom stereocenters. The first-order valence-corrected chi connectivity index (χ1v) is 9.78. The Balaban J connectivity index is 2.32. The molecule has 0 spiro atoms. The Morgan fingerprint density at radius 3 is 2.29 bits per heavy atom. The molecule has 0 unspecified atom stereocenters. The van der Waals surface area contributed by atoms with Gasteiger partial charge in [0.25, 0.3) is 10.0 Å². The number of methoxy groups -OCH3 is 1. The lowest BCUT2D eigenvalue weighted by atomic mass is 10.2. The summed E-state index contributed by atoms with van der Waals surface area (Å²) in [7, 11) is -6.53. The Labute approximate surface area is 140 Å². The van der Waals surface area contributed by atoms with Crippen LogP contribution in [0.4, 0.5) is 5.69 Å². The van der Waals surface area contributed by atoms with Crippen molar-refractivity contribution in [1.82, 2.24) is 0 Å². The molecule has 0 aromatic heterocycles. The summed E-state index contributed by atoms with van der Waals surface area (Å²) in [5.74, 6) is 0.508. The zero-order valence-electron chi connectivity index (χ0n) is 12.7. The van der Waals surface area contributed by atoms with Gasteiger partial charge in [-0.1, -0.05) is 30.3 Å². The van der Waals surface area contributed by atoms with E-state index in [0.717, 1.165) is 5.41 Å². The maximum Gasteiger partial charge on any atom is 0.255 e. The summed E-state index contributed by atoms with van der Waals surface area (Å²) in [4.78, 5) is -0.306. The highest BCUT2D eigenvalue weighted by molar-refractivity contribution is 7.95. The van der Waals surface area contributed by atoms with Crippen molar-refractivity contribution in [3.63, 3.8) is 0 Å². The molecule has 2 rings (SSSR count). The molecule has 0 aliphatic heterocycles. The lowest BCUT2D eigenvalue weighted by Crippen LogP contribution is -2.17. The van der Waals surface area contributed by atoms with Crippen molar-refractivity contribution in [2.24, 2.45) is 5.14 Å².